The Morgan fingerprint density at radius 3 is 2.88 bits per heavy atom. The predicted octanol–water partition coefficient (Wildman–Crippen LogP) is 0.468. The van der Waals surface area contributed by atoms with Crippen molar-refractivity contribution in [3.05, 3.63) is 30.1 Å². The highest BCUT2D eigenvalue weighted by molar-refractivity contribution is 5.35. The maximum absolute atomic E-state index is 9.12. The standard InChI is InChI=1S/C10H11N5O/c16-7-3-11-10(12-4-7)15-2-1-8-9(5-15)14-6-13-8/h3-4,6,16H,1-2,5H2,(H,13,14). The monoisotopic (exact) mass is 217 g/mol. The molecule has 6 heteroatoms. The van der Waals surface area contributed by atoms with Crippen molar-refractivity contribution in [2.45, 2.75) is 13.0 Å². The fourth-order valence-corrected chi connectivity index (χ4v) is 1.86. The lowest BCUT2D eigenvalue weighted by Gasteiger charge is -2.25. The Bertz CT molecular complexity index is 492. The van der Waals surface area contributed by atoms with Gasteiger partial charge in [-0.05, 0) is 0 Å². The molecule has 0 amide bonds. The third kappa shape index (κ3) is 1.48. The second-order valence-corrected chi connectivity index (χ2v) is 3.74. The molecule has 0 bridgehead atoms. The molecule has 0 spiro atoms. The summed E-state index contributed by atoms with van der Waals surface area (Å²) in [6, 6.07) is 0. The summed E-state index contributed by atoms with van der Waals surface area (Å²) in [5, 5.41) is 9.12. The Morgan fingerprint density at radius 1 is 1.25 bits per heavy atom. The molecule has 0 fully saturated rings. The van der Waals surface area contributed by atoms with Gasteiger partial charge < -0.3 is 15.0 Å². The van der Waals surface area contributed by atoms with Gasteiger partial charge in [0.25, 0.3) is 0 Å². The Morgan fingerprint density at radius 2 is 2.06 bits per heavy atom. The van der Waals surface area contributed by atoms with Crippen molar-refractivity contribution in [3.8, 4) is 5.75 Å². The van der Waals surface area contributed by atoms with E-state index in [0.717, 1.165) is 30.9 Å². The fourth-order valence-electron chi connectivity index (χ4n) is 1.86. The second kappa shape index (κ2) is 3.48. The van der Waals surface area contributed by atoms with Crippen molar-refractivity contribution in [2.24, 2.45) is 0 Å². The van der Waals surface area contributed by atoms with Crippen LogP contribution in [-0.2, 0) is 13.0 Å². The van der Waals surface area contributed by atoms with E-state index in [9.17, 15) is 0 Å². The van der Waals surface area contributed by atoms with Crippen molar-refractivity contribution >= 4 is 5.95 Å². The van der Waals surface area contributed by atoms with Crippen LogP contribution in [0.2, 0.25) is 0 Å². The van der Waals surface area contributed by atoms with E-state index in [0.29, 0.717) is 5.95 Å². The Balaban J connectivity index is 1.86. The molecule has 16 heavy (non-hydrogen) atoms. The highest BCUT2D eigenvalue weighted by Gasteiger charge is 2.19. The predicted molar refractivity (Wildman–Crippen MR) is 57.0 cm³/mol. The number of aromatic hydroxyl groups is 1. The fraction of sp³-hybridized carbons (Fsp3) is 0.300. The molecule has 2 aromatic heterocycles. The molecule has 2 N–H and O–H groups in total. The van der Waals surface area contributed by atoms with Crippen LogP contribution in [0.4, 0.5) is 5.95 Å². The van der Waals surface area contributed by atoms with Crippen LogP contribution >= 0.6 is 0 Å². The van der Waals surface area contributed by atoms with E-state index in [1.807, 2.05) is 0 Å². The summed E-state index contributed by atoms with van der Waals surface area (Å²) in [5.74, 6) is 0.723. The van der Waals surface area contributed by atoms with Crippen molar-refractivity contribution in [1.29, 1.82) is 0 Å². The van der Waals surface area contributed by atoms with Crippen molar-refractivity contribution in [2.75, 3.05) is 11.4 Å². The zero-order valence-corrected chi connectivity index (χ0v) is 8.59. The van der Waals surface area contributed by atoms with Gasteiger partial charge in [0.05, 0.1) is 36.7 Å². The highest BCUT2D eigenvalue weighted by atomic mass is 16.3. The number of hydrogen-bond donors (Lipinski definition) is 2. The van der Waals surface area contributed by atoms with E-state index < -0.39 is 0 Å². The molecule has 0 radical (unpaired) electrons. The third-order valence-electron chi connectivity index (χ3n) is 2.68. The molecule has 1 aliphatic heterocycles. The lowest BCUT2D eigenvalue weighted by atomic mass is 10.1. The quantitative estimate of drug-likeness (QED) is 0.726. The summed E-state index contributed by atoms with van der Waals surface area (Å²) in [7, 11) is 0. The molecule has 0 atom stereocenters. The topological polar surface area (TPSA) is 77.9 Å². The van der Waals surface area contributed by atoms with E-state index in [4.69, 9.17) is 5.11 Å². The van der Waals surface area contributed by atoms with Gasteiger partial charge >= 0.3 is 0 Å². The van der Waals surface area contributed by atoms with Gasteiger partial charge in [-0.25, -0.2) is 15.0 Å². The molecule has 1 aliphatic rings. The maximum atomic E-state index is 9.12. The molecular weight excluding hydrogens is 206 g/mol. The number of H-pyrrole nitrogens is 1. The number of fused-ring (bicyclic) bond motifs is 1. The van der Waals surface area contributed by atoms with Crippen LogP contribution in [0.5, 0.6) is 5.75 Å². The molecule has 0 aliphatic carbocycles. The van der Waals surface area contributed by atoms with Crippen LogP contribution < -0.4 is 4.90 Å². The molecule has 0 aromatic carbocycles. The average molecular weight is 217 g/mol. The summed E-state index contributed by atoms with van der Waals surface area (Å²) in [4.78, 5) is 17.6. The van der Waals surface area contributed by atoms with Gasteiger partial charge in [-0.2, -0.15) is 0 Å². The number of hydrogen-bond acceptors (Lipinski definition) is 5. The van der Waals surface area contributed by atoms with Gasteiger partial charge in [0.1, 0.15) is 0 Å². The smallest absolute Gasteiger partial charge is 0.225 e. The van der Waals surface area contributed by atoms with Crippen LogP contribution in [-0.4, -0.2) is 31.6 Å². The summed E-state index contributed by atoms with van der Waals surface area (Å²) in [6.07, 6.45) is 5.42. The second-order valence-electron chi connectivity index (χ2n) is 3.74. The van der Waals surface area contributed by atoms with Crippen LogP contribution in [0.1, 0.15) is 11.4 Å². The van der Waals surface area contributed by atoms with Gasteiger partial charge in [-0.3, -0.25) is 0 Å². The van der Waals surface area contributed by atoms with Gasteiger partial charge in [0.2, 0.25) is 5.95 Å². The highest BCUT2D eigenvalue weighted by Crippen LogP contribution is 2.19. The number of imidazole rings is 1. The lowest BCUT2D eigenvalue weighted by molar-refractivity contribution is 0.469. The zero-order valence-electron chi connectivity index (χ0n) is 8.59. The number of anilines is 1. The van der Waals surface area contributed by atoms with Crippen molar-refractivity contribution in [1.82, 2.24) is 19.9 Å². The number of nitrogens with zero attached hydrogens (tertiary/aromatic N) is 4. The molecule has 6 nitrogen and oxygen atoms in total. The van der Waals surface area contributed by atoms with E-state index >= 15 is 0 Å². The first-order chi connectivity index (χ1) is 7.83. The van der Waals surface area contributed by atoms with Crippen molar-refractivity contribution < 1.29 is 5.11 Å². The molecule has 3 heterocycles. The van der Waals surface area contributed by atoms with E-state index in [1.165, 1.54) is 12.4 Å². The maximum Gasteiger partial charge on any atom is 0.225 e. The largest absolute Gasteiger partial charge is 0.505 e. The van der Waals surface area contributed by atoms with E-state index in [2.05, 4.69) is 24.8 Å². The first kappa shape index (κ1) is 9.14. The first-order valence-corrected chi connectivity index (χ1v) is 5.10. The molecule has 0 unspecified atom stereocenters. The van der Waals surface area contributed by atoms with E-state index in [1.54, 1.807) is 6.33 Å². The minimum Gasteiger partial charge on any atom is -0.505 e. The van der Waals surface area contributed by atoms with Gasteiger partial charge in [0.15, 0.2) is 5.75 Å². The van der Waals surface area contributed by atoms with Gasteiger partial charge in [-0.15, -0.1) is 0 Å². The molecule has 2 aromatic rings. The van der Waals surface area contributed by atoms with Crippen LogP contribution in [0, 0.1) is 0 Å². The normalized spacial score (nSPS) is 14.9. The van der Waals surface area contributed by atoms with Crippen molar-refractivity contribution in [3.63, 3.8) is 0 Å². The van der Waals surface area contributed by atoms with Gasteiger partial charge in [0, 0.05) is 13.0 Å². The third-order valence-corrected chi connectivity index (χ3v) is 2.68. The Hall–Kier alpha value is -2.11. The first-order valence-electron chi connectivity index (χ1n) is 5.10. The number of rotatable bonds is 1. The number of aromatic nitrogens is 4. The lowest BCUT2D eigenvalue weighted by Crippen LogP contribution is -2.31. The molecule has 82 valence electrons. The van der Waals surface area contributed by atoms with Crippen LogP contribution in [0.3, 0.4) is 0 Å². The number of aromatic amines is 1. The molecule has 0 saturated carbocycles. The van der Waals surface area contributed by atoms with E-state index in [-0.39, 0.29) is 5.75 Å². The number of nitrogens with one attached hydrogen (secondary N) is 1. The Kier molecular flexibility index (Phi) is 1.99. The van der Waals surface area contributed by atoms with Crippen LogP contribution in [0.25, 0.3) is 0 Å². The summed E-state index contributed by atoms with van der Waals surface area (Å²) in [6.45, 7) is 1.59. The summed E-state index contributed by atoms with van der Waals surface area (Å²) >= 11 is 0. The Labute approximate surface area is 92.0 Å². The minimum atomic E-state index is 0.0861. The minimum absolute atomic E-state index is 0.0861. The molecular formula is C10H11N5O. The summed E-state index contributed by atoms with van der Waals surface area (Å²) < 4.78 is 0. The molecule has 3 rings (SSSR count). The molecule has 0 saturated heterocycles. The summed E-state index contributed by atoms with van der Waals surface area (Å²) in [5.41, 5.74) is 2.23. The average Bonchev–Trinajstić information content (AvgIpc) is 2.77. The zero-order chi connectivity index (χ0) is 11.0. The van der Waals surface area contributed by atoms with Gasteiger partial charge in [-0.1, -0.05) is 0 Å². The SMILES string of the molecule is Oc1cnc(N2CCc3nc[nH]c3C2)nc1. The van der Waals surface area contributed by atoms with Crippen LogP contribution in [0.15, 0.2) is 18.7 Å².